The lowest BCUT2D eigenvalue weighted by Crippen LogP contribution is -2.25. The van der Waals surface area contributed by atoms with Gasteiger partial charge in [0.25, 0.3) is 10.1 Å². The first kappa shape index (κ1) is 27.8. The number of hydrogen-bond donors (Lipinski definition) is 3. The molecule has 10 heteroatoms. The Balaban J connectivity index is 1.68. The van der Waals surface area contributed by atoms with Crippen LogP contribution in [0.4, 0.5) is 17.1 Å². The number of nitrogens with one attached hydrogen (secondary N) is 1. The zero-order valence-electron chi connectivity index (χ0n) is 22.2. The number of carbonyl (C=O) groups excluding carboxylic acids is 3. The van der Waals surface area contributed by atoms with Gasteiger partial charge in [-0.15, -0.1) is 0 Å². The summed E-state index contributed by atoms with van der Waals surface area (Å²) in [5, 5.41) is 3.14. The van der Waals surface area contributed by atoms with E-state index < -0.39 is 38.2 Å². The molecule has 5 rings (SSSR count). The van der Waals surface area contributed by atoms with Crippen LogP contribution < -0.4 is 11.1 Å². The molecule has 0 heterocycles. The summed E-state index contributed by atoms with van der Waals surface area (Å²) in [5.41, 5.74) is 8.57. The summed E-state index contributed by atoms with van der Waals surface area (Å²) in [6.07, 6.45) is 0.287. The lowest BCUT2D eigenvalue weighted by atomic mass is 9.82. The van der Waals surface area contributed by atoms with Crippen molar-refractivity contribution in [3.63, 3.8) is 0 Å². The van der Waals surface area contributed by atoms with Crippen molar-refractivity contribution < 1.29 is 32.1 Å². The topological polar surface area (TPSA) is 153 Å². The number of hydrogen-bond acceptors (Lipinski definition) is 8. The van der Waals surface area contributed by atoms with Gasteiger partial charge in [0.15, 0.2) is 11.6 Å². The number of anilines is 3. The molecule has 4 aromatic carbocycles. The summed E-state index contributed by atoms with van der Waals surface area (Å²) in [6, 6.07) is 19.8. The van der Waals surface area contributed by atoms with Crippen LogP contribution in [-0.2, 0) is 21.3 Å². The van der Waals surface area contributed by atoms with E-state index in [-0.39, 0.29) is 41.0 Å². The number of esters is 1. The van der Waals surface area contributed by atoms with E-state index in [1.54, 1.807) is 49.4 Å². The number of nitrogens with two attached hydrogens (primary N) is 1. The van der Waals surface area contributed by atoms with Crippen LogP contribution in [0.2, 0.25) is 0 Å². The highest BCUT2D eigenvalue weighted by atomic mass is 32.2. The van der Waals surface area contributed by atoms with Crippen LogP contribution in [0.3, 0.4) is 0 Å². The van der Waals surface area contributed by atoms with Gasteiger partial charge in [0.2, 0.25) is 0 Å². The minimum atomic E-state index is -4.87. The summed E-state index contributed by atoms with van der Waals surface area (Å²) in [5.74, 6) is -1.61. The van der Waals surface area contributed by atoms with Crippen LogP contribution >= 0.6 is 0 Å². The third kappa shape index (κ3) is 5.10. The minimum absolute atomic E-state index is 0.0137. The molecule has 4 aromatic rings. The lowest BCUT2D eigenvalue weighted by molar-refractivity contribution is 0.0525. The summed E-state index contributed by atoms with van der Waals surface area (Å²) >= 11 is 0. The highest BCUT2D eigenvalue weighted by Gasteiger charge is 2.36. The second-order valence-corrected chi connectivity index (χ2v) is 11.0. The highest BCUT2D eigenvalue weighted by molar-refractivity contribution is 7.86. The Bertz CT molecular complexity index is 1860. The molecular formula is C31H26N2O7S. The second-order valence-electron chi connectivity index (χ2n) is 9.60. The van der Waals surface area contributed by atoms with Gasteiger partial charge >= 0.3 is 5.97 Å². The van der Waals surface area contributed by atoms with E-state index in [9.17, 15) is 27.4 Å². The summed E-state index contributed by atoms with van der Waals surface area (Å²) in [7, 11) is -4.87. The van der Waals surface area contributed by atoms with Crippen LogP contribution in [0.5, 0.6) is 0 Å². The second kappa shape index (κ2) is 10.6. The zero-order chi connectivity index (χ0) is 29.5. The molecule has 41 heavy (non-hydrogen) atoms. The van der Waals surface area contributed by atoms with Gasteiger partial charge in [-0.2, -0.15) is 8.42 Å². The SMILES string of the molecule is CCOC(=O)c1ccccc1Cc1ccc(C)cc1Nc1cc(S(=O)(=O)O)c(N)c2c1C(=O)c1ccccc1C2=O. The minimum Gasteiger partial charge on any atom is -0.462 e. The molecule has 0 atom stereocenters. The number of fused-ring (bicyclic) bond motifs is 2. The normalized spacial score (nSPS) is 12.5. The molecule has 0 aliphatic heterocycles. The fraction of sp³-hybridized carbons (Fsp3) is 0.129. The summed E-state index contributed by atoms with van der Waals surface area (Å²) in [6.45, 7) is 3.80. The molecule has 0 fully saturated rings. The average Bonchev–Trinajstić information content (AvgIpc) is 2.93. The fourth-order valence-corrected chi connectivity index (χ4v) is 5.65. The van der Waals surface area contributed by atoms with Gasteiger partial charge in [0.1, 0.15) is 4.90 Å². The van der Waals surface area contributed by atoms with E-state index in [0.29, 0.717) is 22.4 Å². The third-order valence-corrected chi connectivity index (χ3v) is 7.80. The first-order valence-electron chi connectivity index (χ1n) is 12.7. The van der Waals surface area contributed by atoms with E-state index >= 15 is 0 Å². The Morgan fingerprint density at radius 3 is 2.17 bits per heavy atom. The molecule has 1 aliphatic rings. The molecule has 9 nitrogen and oxygen atoms in total. The van der Waals surface area contributed by atoms with Crippen molar-refractivity contribution >= 4 is 44.7 Å². The van der Waals surface area contributed by atoms with E-state index in [0.717, 1.165) is 11.6 Å². The maximum Gasteiger partial charge on any atom is 0.338 e. The van der Waals surface area contributed by atoms with E-state index in [4.69, 9.17) is 10.5 Å². The number of rotatable bonds is 7. The van der Waals surface area contributed by atoms with E-state index in [1.807, 2.05) is 19.1 Å². The molecule has 0 unspecified atom stereocenters. The number of ether oxygens (including phenoxy) is 1. The Labute approximate surface area is 236 Å². The smallest absolute Gasteiger partial charge is 0.338 e. The Hall–Kier alpha value is -4.80. The van der Waals surface area contributed by atoms with Gasteiger partial charge in [-0.3, -0.25) is 14.1 Å². The van der Waals surface area contributed by atoms with Crippen molar-refractivity contribution in [3.8, 4) is 0 Å². The van der Waals surface area contributed by atoms with Gasteiger partial charge < -0.3 is 15.8 Å². The molecule has 0 bridgehead atoms. The van der Waals surface area contributed by atoms with Crippen LogP contribution in [0.1, 0.15) is 65.8 Å². The monoisotopic (exact) mass is 570 g/mol. The van der Waals surface area contributed by atoms with Gasteiger partial charge in [-0.25, -0.2) is 4.79 Å². The molecule has 0 amide bonds. The van der Waals surface area contributed by atoms with Crippen molar-refractivity contribution in [1.82, 2.24) is 0 Å². The molecule has 4 N–H and O–H groups in total. The fourth-order valence-electron chi connectivity index (χ4n) is 5.00. The van der Waals surface area contributed by atoms with E-state index in [1.165, 1.54) is 12.1 Å². The number of carbonyl (C=O) groups is 3. The average molecular weight is 571 g/mol. The van der Waals surface area contributed by atoms with Crippen LogP contribution in [0.25, 0.3) is 0 Å². The lowest BCUT2D eigenvalue weighted by Gasteiger charge is -2.24. The number of nitrogen functional groups attached to an aromatic ring is 1. The number of ketones is 2. The predicted molar refractivity (Wildman–Crippen MR) is 154 cm³/mol. The first-order valence-corrected chi connectivity index (χ1v) is 14.2. The maximum atomic E-state index is 13.7. The predicted octanol–water partition coefficient (Wildman–Crippen LogP) is 5.11. The maximum absolute atomic E-state index is 13.7. The van der Waals surface area contributed by atoms with Crippen molar-refractivity contribution in [2.45, 2.75) is 25.2 Å². The van der Waals surface area contributed by atoms with Crippen molar-refractivity contribution in [1.29, 1.82) is 0 Å². The zero-order valence-corrected chi connectivity index (χ0v) is 23.0. The quantitative estimate of drug-likeness (QED) is 0.138. The van der Waals surface area contributed by atoms with Crippen LogP contribution in [-0.4, -0.2) is 37.1 Å². The molecule has 208 valence electrons. The molecule has 0 radical (unpaired) electrons. The van der Waals surface area contributed by atoms with Crippen LogP contribution in [0, 0.1) is 6.92 Å². The van der Waals surface area contributed by atoms with E-state index in [2.05, 4.69) is 5.32 Å². The molecule has 1 aliphatic carbocycles. The Morgan fingerprint density at radius 1 is 0.878 bits per heavy atom. The van der Waals surface area contributed by atoms with Crippen molar-refractivity contribution in [2.75, 3.05) is 17.7 Å². The molecule has 0 aromatic heterocycles. The molecule has 0 saturated heterocycles. The first-order chi connectivity index (χ1) is 19.5. The third-order valence-electron chi connectivity index (χ3n) is 6.91. The molecule has 0 saturated carbocycles. The van der Waals surface area contributed by atoms with Crippen LogP contribution in [0.15, 0.2) is 77.7 Å². The Kier molecular flexibility index (Phi) is 7.20. The largest absolute Gasteiger partial charge is 0.462 e. The number of benzene rings is 4. The molecule has 0 spiro atoms. The van der Waals surface area contributed by atoms with Crippen molar-refractivity contribution in [3.05, 3.63) is 117 Å². The van der Waals surface area contributed by atoms with Gasteiger partial charge in [-0.05, 0) is 48.7 Å². The standard InChI is InChI=1S/C31H26N2O7S/c1-3-40-31(36)20-9-5-4-8-18(20)15-19-13-12-17(2)14-23(19)33-24-16-25(41(37,38)39)28(32)27-26(24)29(34)21-10-6-7-11-22(21)30(27)35/h4-14,16,33H,3,15,32H2,1-2H3,(H,37,38,39). The summed E-state index contributed by atoms with van der Waals surface area (Å²) in [4.78, 5) is 39.1. The summed E-state index contributed by atoms with van der Waals surface area (Å²) < 4.78 is 39.8. The molecular weight excluding hydrogens is 544 g/mol. The van der Waals surface area contributed by atoms with Gasteiger partial charge in [-0.1, -0.05) is 54.6 Å². The number of aryl methyl sites for hydroxylation is 1. The van der Waals surface area contributed by atoms with Gasteiger partial charge in [0.05, 0.1) is 34.7 Å². The Morgan fingerprint density at radius 2 is 1.51 bits per heavy atom. The highest BCUT2D eigenvalue weighted by Crippen LogP contribution is 2.40. The van der Waals surface area contributed by atoms with Gasteiger partial charge in [0, 0.05) is 23.2 Å². The van der Waals surface area contributed by atoms with Crippen molar-refractivity contribution in [2.24, 2.45) is 0 Å².